The molecular weight excluding hydrogens is 592 g/mol. The van der Waals surface area contributed by atoms with Gasteiger partial charge in [-0.25, -0.2) is 0 Å². The van der Waals surface area contributed by atoms with Gasteiger partial charge in [0.1, 0.15) is 6.61 Å². The fraction of sp³-hybridized carbons (Fsp3) is 0.125. The first kappa shape index (κ1) is 25.7. The van der Waals surface area contributed by atoms with E-state index in [4.69, 9.17) is 21.1 Å². The normalized spacial score (nSPS) is 10.8. The quantitative estimate of drug-likeness (QED) is 0.155. The topological polar surface area (TPSA) is 90.7 Å². The highest BCUT2D eigenvalue weighted by atomic mass is 79.9. The molecule has 0 atom stereocenters. The standard InChI is InChI=1S/C24H19Br2ClN2O5/c1-2-33-22-12-15(11-19(26)24(22)34-14-16-5-3-4-6-20(16)27)7-10-23(30)28-21-9-8-17(29(31)32)13-18(21)25/h3-13H,2,14H2,1H3,(H,28,30)/b10-7+. The van der Waals surface area contributed by atoms with Gasteiger partial charge >= 0.3 is 0 Å². The number of carbonyl (C=O) groups excluding carboxylic acids is 1. The number of nitrogens with one attached hydrogen (secondary N) is 1. The Balaban J connectivity index is 1.74. The van der Waals surface area contributed by atoms with E-state index in [1.807, 2.05) is 25.1 Å². The molecule has 0 bridgehead atoms. The molecule has 7 nitrogen and oxygen atoms in total. The number of non-ortho nitro benzene ring substituents is 1. The maximum Gasteiger partial charge on any atom is 0.270 e. The first-order valence-corrected chi connectivity index (χ1v) is 12.0. The molecule has 0 saturated heterocycles. The molecule has 0 aromatic heterocycles. The van der Waals surface area contributed by atoms with Gasteiger partial charge in [-0.3, -0.25) is 14.9 Å². The van der Waals surface area contributed by atoms with E-state index in [1.54, 1.807) is 24.3 Å². The Morgan fingerprint density at radius 2 is 1.88 bits per heavy atom. The summed E-state index contributed by atoms with van der Waals surface area (Å²) in [7, 11) is 0. The zero-order valence-corrected chi connectivity index (χ0v) is 21.8. The number of rotatable bonds is 9. The van der Waals surface area contributed by atoms with Crippen molar-refractivity contribution in [3.63, 3.8) is 0 Å². The predicted molar refractivity (Wildman–Crippen MR) is 140 cm³/mol. The molecule has 3 rings (SSSR count). The lowest BCUT2D eigenvalue weighted by Gasteiger charge is -2.15. The molecule has 0 aliphatic rings. The molecule has 0 heterocycles. The monoisotopic (exact) mass is 608 g/mol. The van der Waals surface area contributed by atoms with E-state index in [-0.39, 0.29) is 12.3 Å². The zero-order chi connectivity index (χ0) is 24.7. The second-order valence-corrected chi connectivity index (χ2v) is 9.00. The van der Waals surface area contributed by atoms with Crippen molar-refractivity contribution in [1.82, 2.24) is 0 Å². The summed E-state index contributed by atoms with van der Waals surface area (Å²) in [6.07, 6.45) is 2.98. The van der Waals surface area contributed by atoms with E-state index in [2.05, 4.69) is 37.2 Å². The van der Waals surface area contributed by atoms with Gasteiger partial charge in [0, 0.05) is 33.3 Å². The lowest BCUT2D eigenvalue weighted by molar-refractivity contribution is -0.384. The van der Waals surface area contributed by atoms with Gasteiger partial charge < -0.3 is 14.8 Å². The van der Waals surface area contributed by atoms with E-state index in [0.29, 0.717) is 43.3 Å². The molecule has 1 amide bonds. The number of ether oxygens (including phenoxy) is 2. The van der Waals surface area contributed by atoms with Crippen LogP contribution in [0.3, 0.4) is 0 Å². The van der Waals surface area contributed by atoms with Crippen LogP contribution in [0.15, 0.2) is 69.6 Å². The molecule has 0 aliphatic heterocycles. The average Bonchev–Trinajstić information content (AvgIpc) is 2.79. The molecule has 0 fully saturated rings. The number of benzene rings is 3. The highest BCUT2D eigenvalue weighted by Gasteiger charge is 2.14. The Bertz CT molecular complexity index is 1250. The van der Waals surface area contributed by atoms with Crippen molar-refractivity contribution in [2.24, 2.45) is 0 Å². The Hall–Kier alpha value is -2.88. The zero-order valence-electron chi connectivity index (χ0n) is 17.9. The smallest absolute Gasteiger partial charge is 0.270 e. The lowest BCUT2D eigenvalue weighted by atomic mass is 10.1. The molecule has 0 spiro atoms. The van der Waals surface area contributed by atoms with E-state index in [1.165, 1.54) is 24.3 Å². The third-order valence-electron chi connectivity index (χ3n) is 4.51. The minimum absolute atomic E-state index is 0.0782. The van der Waals surface area contributed by atoms with Crippen LogP contribution in [-0.4, -0.2) is 17.4 Å². The molecule has 0 aliphatic carbocycles. The summed E-state index contributed by atoms with van der Waals surface area (Å²) >= 11 is 13.0. The van der Waals surface area contributed by atoms with Gasteiger partial charge in [0.25, 0.3) is 5.69 Å². The third-order valence-corrected chi connectivity index (χ3v) is 6.12. The van der Waals surface area contributed by atoms with Crippen LogP contribution < -0.4 is 14.8 Å². The number of halogens is 3. The van der Waals surface area contributed by atoms with Crippen LogP contribution in [0, 0.1) is 10.1 Å². The summed E-state index contributed by atoms with van der Waals surface area (Å²) in [5.41, 5.74) is 1.89. The second kappa shape index (κ2) is 12.0. The van der Waals surface area contributed by atoms with Gasteiger partial charge in [-0.05, 0) is 74.7 Å². The van der Waals surface area contributed by atoms with Crippen LogP contribution in [-0.2, 0) is 11.4 Å². The number of nitro groups is 1. The fourth-order valence-electron chi connectivity index (χ4n) is 2.92. The number of hydrogen-bond donors (Lipinski definition) is 1. The summed E-state index contributed by atoms with van der Waals surface area (Å²) in [6, 6.07) is 15.1. The van der Waals surface area contributed by atoms with Crippen molar-refractivity contribution in [2.75, 3.05) is 11.9 Å². The summed E-state index contributed by atoms with van der Waals surface area (Å²) in [4.78, 5) is 22.7. The van der Waals surface area contributed by atoms with Crippen molar-refractivity contribution in [3.05, 3.63) is 95.9 Å². The molecule has 0 unspecified atom stereocenters. The van der Waals surface area contributed by atoms with Gasteiger partial charge in [0.05, 0.1) is 21.7 Å². The highest BCUT2D eigenvalue weighted by Crippen LogP contribution is 2.38. The molecule has 0 saturated carbocycles. The number of carbonyl (C=O) groups is 1. The van der Waals surface area contributed by atoms with Crippen LogP contribution in [0.2, 0.25) is 5.02 Å². The second-order valence-electron chi connectivity index (χ2n) is 6.89. The van der Waals surface area contributed by atoms with Gasteiger partial charge in [0.2, 0.25) is 5.91 Å². The van der Waals surface area contributed by atoms with Crippen molar-refractivity contribution in [2.45, 2.75) is 13.5 Å². The van der Waals surface area contributed by atoms with Crippen LogP contribution in [0.5, 0.6) is 11.5 Å². The summed E-state index contributed by atoms with van der Waals surface area (Å²) in [5.74, 6) is 0.642. The maximum absolute atomic E-state index is 12.4. The largest absolute Gasteiger partial charge is 0.490 e. The van der Waals surface area contributed by atoms with E-state index in [0.717, 1.165) is 5.56 Å². The Kier molecular flexibility index (Phi) is 9.09. The first-order valence-electron chi connectivity index (χ1n) is 10.0. The molecule has 3 aromatic rings. The number of nitro benzene ring substituents is 1. The predicted octanol–water partition coefficient (Wildman–Crippen LogP) is 7.40. The minimum atomic E-state index is -0.508. The van der Waals surface area contributed by atoms with Gasteiger partial charge in [0.15, 0.2) is 11.5 Å². The van der Waals surface area contributed by atoms with Crippen molar-refractivity contribution in [1.29, 1.82) is 0 Å². The summed E-state index contributed by atoms with van der Waals surface area (Å²) in [5, 5.41) is 14.2. The van der Waals surface area contributed by atoms with Crippen LogP contribution >= 0.6 is 43.5 Å². The van der Waals surface area contributed by atoms with E-state index in [9.17, 15) is 14.9 Å². The van der Waals surface area contributed by atoms with Gasteiger partial charge in [-0.15, -0.1) is 0 Å². The number of anilines is 1. The van der Waals surface area contributed by atoms with Crippen LogP contribution in [0.1, 0.15) is 18.1 Å². The molecule has 0 radical (unpaired) electrons. The number of hydrogen-bond acceptors (Lipinski definition) is 5. The molecule has 176 valence electrons. The van der Waals surface area contributed by atoms with Crippen molar-refractivity contribution in [3.8, 4) is 11.5 Å². The lowest BCUT2D eigenvalue weighted by Crippen LogP contribution is -2.08. The van der Waals surface area contributed by atoms with Gasteiger partial charge in [-0.2, -0.15) is 0 Å². The molecular formula is C24H19Br2ClN2O5. The summed E-state index contributed by atoms with van der Waals surface area (Å²) < 4.78 is 12.8. The fourth-order valence-corrected chi connectivity index (χ4v) is 4.15. The first-order chi connectivity index (χ1) is 16.3. The van der Waals surface area contributed by atoms with Crippen molar-refractivity contribution < 1.29 is 19.2 Å². The van der Waals surface area contributed by atoms with Gasteiger partial charge in [-0.1, -0.05) is 29.8 Å². The third kappa shape index (κ3) is 6.82. The molecule has 1 N–H and O–H groups in total. The molecule has 3 aromatic carbocycles. The maximum atomic E-state index is 12.4. The highest BCUT2D eigenvalue weighted by molar-refractivity contribution is 9.11. The Morgan fingerprint density at radius 1 is 1.12 bits per heavy atom. The Labute approximate surface area is 218 Å². The van der Waals surface area contributed by atoms with E-state index >= 15 is 0 Å². The average molecular weight is 611 g/mol. The molecule has 10 heteroatoms. The van der Waals surface area contributed by atoms with Crippen molar-refractivity contribution >= 4 is 66.8 Å². The Morgan fingerprint density at radius 3 is 2.56 bits per heavy atom. The van der Waals surface area contributed by atoms with Crippen LogP contribution in [0.4, 0.5) is 11.4 Å². The summed E-state index contributed by atoms with van der Waals surface area (Å²) in [6.45, 7) is 2.56. The SMILES string of the molecule is CCOc1cc(/C=C/C(=O)Nc2ccc([N+](=O)[O-])cc2Br)cc(Br)c1OCc1ccccc1Cl. The van der Waals surface area contributed by atoms with Crippen LogP contribution in [0.25, 0.3) is 6.08 Å². The molecule has 34 heavy (non-hydrogen) atoms. The minimum Gasteiger partial charge on any atom is -0.490 e. The number of nitrogens with zero attached hydrogens (tertiary/aromatic N) is 1. The number of amides is 1. The van der Waals surface area contributed by atoms with E-state index < -0.39 is 10.8 Å².